The molecule has 2 N–H and O–H groups in total. The molecule has 92 valence electrons. The number of rotatable bonds is 3. The maximum Gasteiger partial charge on any atom is 0.151 e. The van der Waals surface area contributed by atoms with E-state index in [4.69, 9.17) is 21.0 Å². The zero-order valence-electron chi connectivity index (χ0n) is 10.1. The van der Waals surface area contributed by atoms with Gasteiger partial charge in [-0.1, -0.05) is 12.1 Å². The molecule has 2 rings (SSSR count). The highest BCUT2D eigenvalue weighted by atomic mass is 16.5. The molecular formula is C15H11N3O. The highest BCUT2D eigenvalue weighted by Crippen LogP contribution is 2.28. The first-order valence-electron chi connectivity index (χ1n) is 5.66. The fourth-order valence-electron chi connectivity index (χ4n) is 1.59. The molecule has 0 saturated carbocycles. The SMILES string of the molecule is N#CCc1ccc(Oc2cc(C#N)ccc2N)cc1. The number of nitrogens with two attached hydrogens (primary N) is 1. The number of nitrogens with zero attached hydrogens (tertiary/aromatic N) is 2. The summed E-state index contributed by atoms with van der Waals surface area (Å²) in [6.45, 7) is 0. The average molecular weight is 249 g/mol. The van der Waals surface area contributed by atoms with Crippen molar-refractivity contribution in [3.63, 3.8) is 0 Å². The molecule has 0 aliphatic heterocycles. The van der Waals surface area contributed by atoms with Crippen LogP contribution >= 0.6 is 0 Å². The third-order valence-electron chi connectivity index (χ3n) is 2.58. The maximum atomic E-state index is 8.84. The number of anilines is 1. The monoisotopic (exact) mass is 249 g/mol. The van der Waals surface area contributed by atoms with E-state index in [1.165, 1.54) is 0 Å². The molecule has 0 unspecified atom stereocenters. The highest BCUT2D eigenvalue weighted by Gasteiger charge is 2.04. The third kappa shape index (κ3) is 3.02. The third-order valence-corrected chi connectivity index (χ3v) is 2.58. The summed E-state index contributed by atoms with van der Waals surface area (Å²) in [6.07, 6.45) is 0.367. The Morgan fingerprint density at radius 2 is 1.79 bits per heavy atom. The lowest BCUT2D eigenvalue weighted by atomic mass is 10.1. The molecule has 0 amide bonds. The number of hydrogen-bond acceptors (Lipinski definition) is 4. The summed E-state index contributed by atoms with van der Waals surface area (Å²) in [5.74, 6) is 1.07. The van der Waals surface area contributed by atoms with Gasteiger partial charge in [-0.15, -0.1) is 0 Å². The minimum Gasteiger partial charge on any atom is -0.455 e. The van der Waals surface area contributed by atoms with E-state index < -0.39 is 0 Å². The Labute approximate surface area is 111 Å². The largest absolute Gasteiger partial charge is 0.455 e. The standard InChI is InChI=1S/C15H11N3O/c16-8-7-11-1-4-13(5-2-11)19-15-9-12(10-17)3-6-14(15)18/h1-6,9H,7,18H2. The van der Waals surface area contributed by atoms with Crippen LogP contribution in [-0.2, 0) is 6.42 Å². The molecule has 0 bridgehead atoms. The molecule has 2 aromatic carbocycles. The smallest absolute Gasteiger partial charge is 0.151 e. The molecule has 0 saturated heterocycles. The number of hydrogen-bond donors (Lipinski definition) is 1. The van der Waals surface area contributed by atoms with Crippen molar-refractivity contribution in [3.8, 4) is 23.6 Å². The molecule has 0 heterocycles. The van der Waals surface area contributed by atoms with E-state index in [1.54, 1.807) is 30.3 Å². The number of nitriles is 2. The molecule has 0 fully saturated rings. The Kier molecular flexibility index (Phi) is 3.66. The summed E-state index contributed by atoms with van der Waals surface area (Å²) in [4.78, 5) is 0. The van der Waals surface area contributed by atoms with Crippen molar-refractivity contribution in [1.82, 2.24) is 0 Å². The minimum absolute atomic E-state index is 0.367. The van der Waals surface area contributed by atoms with E-state index in [0.717, 1.165) is 5.56 Å². The van der Waals surface area contributed by atoms with Gasteiger partial charge < -0.3 is 10.5 Å². The predicted octanol–water partition coefficient (Wildman–Crippen LogP) is 3.00. The second-order valence-corrected chi connectivity index (χ2v) is 3.95. The first-order valence-corrected chi connectivity index (χ1v) is 5.66. The summed E-state index contributed by atoms with van der Waals surface area (Å²) < 4.78 is 5.63. The number of nitrogen functional groups attached to an aromatic ring is 1. The van der Waals surface area contributed by atoms with Gasteiger partial charge >= 0.3 is 0 Å². The highest BCUT2D eigenvalue weighted by molar-refractivity contribution is 5.57. The summed E-state index contributed by atoms with van der Waals surface area (Å²) in [6, 6.07) is 16.2. The molecule has 0 atom stereocenters. The maximum absolute atomic E-state index is 8.84. The fourth-order valence-corrected chi connectivity index (χ4v) is 1.59. The van der Waals surface area contributed by atoms with Gasteiger partial charge in [-0.25, -0.2) is 0 Å². The van der Waals surface area contributed by atoms with Gasteiger partial charge in [0.25, 0.3) is 0 Å². The Hall–Kier alpha value is -2.98. The summed E-state index contributed by atoms with van der Waals surface area (Å²) in [5.41, 5.74) is 7.68. The van der Waals surface area contributed by atoms with Gasteiger partial charge in [0.15, 0.2) is 5.75 Å². The molecule has 19 heavy (non-hydrogen) atoms. The normalized spacial score (nSPS) is 9.37. The van der Waals surface area contributed by atoms with Crippen LogP contribution in [0.3, 0.4) is 0 Å². The molecule has 2 aromatic rings. The van der Waals surface area contributed by atoms with Crippen LogP contribution in [0.2, 0.25) is 0 Å². The van der Waals surface area contributed by atoms with Crippen LogP contribution in [0.1, 0.15) is 11.1 Å². The Morgan fingerprint density at radius 1 is 1.05 bits per heavy atom. The summed E-state index contributed by atoms with van der Waals surface area (Å²) in [5, 5.41) is 17.4. The van der Waals surface area contributed by atoms with E-state index >= 15 is 0 Å². The van der Waals surface area contributed by atoms with Crippen molar-refractivity contribution in [1.29, 1.82) is 10.5 Å². The first kappa shape index (κ1) is 12.5. The van der Waals surface area contributed by atoms with Crippen molar-refractivity contribution in [3.05, 3.63) is 53.6 Å². The van der Waals surface area contributed by atoms with E-state index in [-0.39, 0.29) is 0 Å². The van der Waals surface area contributed by atoms with Gasteiger partial charge in [0.2, 0.25) is 0 Å². The van der Waals surface area contributed by atoms with Gasteiger partial charge in [0.1, 0.15) is 5.75 Å². The summed E-state index contributed by atoms with van der Waals surface area (Å²) >= 11 is 0. The summed E-state index contributed by atoms with van der Waals surface area (Å²) in [7, 11) is 0. The van der Waals surface area contributed by atoms with E-state index in [2.05, 4.69) is 6.07 Å². The van der Waals surface area contributed by atoms with Crippen LogP contribution in [0, 0.1) is 22.7 Å². The van der Waals surface area contributed by atoms with E-state index in [0.29, 0.717) is 29.2 Å². The molecule has 4 nitrogen and oxygen atoms in total. The molecular weight excluding hydrogens is 238 g/mol. The van der Waals surface area contributed by atoms with Crippen LogP contribution in [0.4, 0.5) is 5.69 Å². The molecule has 0 spiro atoms. The topological polar surface area (TPSA) is 82.8 Å². The van der Waals surface area contributed by atoms with Crippen molar-refractivity contribution >= 4 is 5.69 Å². The Balaban J connectivity index is 2.22. The van der Waals surface area contributed by atoms with Crippen LogP contribution in [0.25, 0.3) is 0 Å². The lowest BCUT2D eigenvalue weighted by Crippen LogP contribution is -1.93. The lowest BCUT2D eigenvalue weighted by molar-refractivity contribution is 0.485. The van der Waals surface area contributed by atoms with Crippen molar-refractivity contribution < 1.29 is 4.74 Å². The Bertz CT molecular complexity index is 663. The fraction of sp³-hybridized carbons (Fsp3) is 0.0667. The zero-order chi connectivity index (χ0) is 13.7. The molecule has 0 aliphatic rings. The van der Waals surface area contributed by atoms with Gasteiger partial charge in [0.05, 0.1) is 29.8 Å². The van der Waals surface area contributed by atoms with Crippen LogP contribution in [0.5, 0.6) is 11.5 Å². The molecule has 0 radical (unpaired) electrons. The zero-order valence-corrected chi connectivity index (χ0v) is 10.1. The van der Waals surface area contributed by atoms with Crippen LogP contribution < -0.4 is 10.5 Å². The van der Waals surface area contributed by atoms with Crippen molar-refractivity contribution in [2.24, 2.45) is 0 Å². The average Bonchev–Trinajstić information content (AvgIpc) is 2.44. The van der Waals surface area contributed by atoms with Gasteiger partial charge in [-0.05, 0) is 29.8 Å². The van der Waals surface area contributed by atoms with E-state index in [1.807, 2.05) is 18.2 Å². The van der Waals surface area contributed by atoms with Crippen molar-refractivity contribution in [2.45, 2.75) is 6.42 Å². The molecule has 0 aromatic heterocycles. The van der Waals surface area contributed by atoms with Crippen LogP contribution in [0.15, 0.2) is 42.5 Å². The molecule has 0 aliphatic carbocycles. The quantitative estimate of drug-likeness (QED) is 0.847. The van der Waals surface area contributed by atoms with Crippen molar-refractivity contribution in [2.75, 3.05) is 5.73 Å². The van der Waals surface area contributed by atoms with Gasteiger partial charge in [-0.2, -0.15) is 10.5 Å². The van der Waals surface area contributed by atoms with Gasteiger partial charge in [-0.3, -0.25) is 0 Å². The predicted molar refractivity (Wildman–Crippen MR) is 71.4 cm³/mol. The Morgan fingerprint density at radius 3 is 2.42 bits per heavy atom. The number of ether oxygens (including phenoxy) is 1. The van der Waals surface area contributed by atoms with E-state index in [9.17, 15) is 0 Å². The second-order valence-electron chi connectivity index (χ2n) is 3.95. The molecule has 4 heteroatoms. The lowest BCUT2D eigenvalue weighted by Gasteiger charge is -2.09. The second kappa shape index (κ2) is 5.57. The number of benzene rings is 2. The van der Waals surface area contributed by atoms with Crippen LogP contribution in [-0.4, -0.2) is 0 Å². The van der Waals surface area contributed by atoms with Gasteiger partial charge in [0, 0.05) is 6.07 Å². The minimum atomic E-state index is 0.367. The first-order chi connectivity index (χ1) is 9.22.